The number of aromatic nitrogens is 1. The zero-order valence-corrected chi connectivity index (χ0v) is 11.7. The summed E-state index contributed by atoms with van der Waals surface area (Å²) in [5.74, 6) is -0.0510. The average Bonchev–Trinajstić information content (AvgIpc) is 2.88. The van der Waals surface area contributed by atoms with E-state index in [1.807, 2.05) is 12.1 Å². The van der Waals surface area contributed by atoms with Crippen LogP contribution < -0.4 is 5.32 Å². The zero-order chi connectivity index (χ0) is 14.0. The Kier molecular flexibility index (Phi) is 3.72. The van der Waals surface area contributed by atoms with Gasteiger partial charge in [-0.15, -0.1) is 0 Å². The maximum absolute atomic E-state index is 11.3. The highest BCUT2D eigenvalue weighted by atomic mass is 16.7. The summed E-state index contributed by atoms with van der Waals surface area (Å²) in [6, 6.07) is 3.76. The maximum Gasteiger partial charge on any atom is 0.221 e. The second-order valence-electron chi connectivity index (χ2n) is 5.50. The van der Waals surface area contributed by atoms with Crippen molar-refractivity contribution >= 4 is 11.6 Å². The molecule has 0 atom stereocenters. The molecule has 1 aromatic heterocycles. The Morgan fingerprint density at radius 2 is 2.05 bits per heavy atom. The highest BCUT2D eigenvalue weighted by Crippen LogP contribution is 2.43. The second kappa shape index (κ2) is 5.50. The molecule has 2 heterocycles. The first kappa shape index (κ1) is 13.5. The number of carbonyl (C=O) groups is 1. The van der Waals surface area contributed by atoms with E-state index in [4.69, 9.17) is 9.47 Å². The summed E-state index contributed by atoms with van der Waals surface area (Å²) < 4.78 is 11.5. The van der Waals surface area contributed by atoms with E-state index < -0.39 is 0 Å². The second-order valence-corrected chi connectivity index (χ2v) is 5.50. The van der Waals surface area contributed by atoms with Crippen LogP contribution in [0.3, 0.4) is 0 Å². The molecule has 0 unspecified atom stereocenters. The van der Waals surface area contributed by atoms with Crippen molar-refractivity contribution in [1.29, 1.82) is 0 Å². The monoisotopic (exact) mass is 276 g/mol. The van der Waals surface area contributed by atoms with Crippen LogP contribution in [0.5, 0.6) is 0 Å². The van der Waals surface area contributed by atoms with Gasteiger partial charge in [0.2, 0.25) is 5.91 Å². The molecule has 3 rings (SSSR count). The summed E-state index contributed by atoms with van der Waals surface area (Å²) in [5, 5.41) is 2.87. The van der Waals surface area contributed by atoms with Crippen LogP contribution in [0.2, 0.25) is 0 Å². The molecule has 5 nitrogen and oxygen atoms in total. The van der Waals surface area contributed by atoms with Crippen molar-refractivity contribution < 1.29 is 14.3 Å². The van der Waals surface area contributed by atoms with Gasteiger partial charge in [-0.3, -0.25) is 9.78 Å². The molecule has 108 valence electrons. The molecule has 0 radical (unpaired) electrons. The van der Waals surface area contributed by atoms with Gasteiger partial charge in [-0.2, -0.15) is 0 Å². The molecule has 1 aromatic rings. The van der Waals surface area contributed by atoms with Gasteiger partial charge in [-0.25, -0.2) is 0 Å². The lowest BCUT2D eigenvalue weighted by atomic mass is 9.82. The number of carbonyl (C=O) groups excluding carboxylic acids is 1. The Morgan fingerprint density at radius 3 is 2.70 bits per heavy atom. The molecule has 1 saturated heterocycles. The van der Waals surface area contributed by atoms with E-state index in [9.17, 15) is 4.79 Å². The Bertz CT molecular complexity index is 488. The molecular formula is C15H20N2O3. The van der Waals surface area contributed by atoms with Gasteiger partial charge < -0.3 is 14.8 Å². The molecule has 1 saturated carbocycles. The number of hydrogen-bond donors (Lipinski definition) is 1. The van der Waals surface area contributed by atoms with Crippen molar-refractivity contribution in [2.75, 3.05) is 18.5 Å². The van der Waals surface area contributed by atoms with E-state index in [1.54, 1.807) is 6.20 Å². The molecule has 1 aliphatic carbocycles. The standard InChI is InChI=1S/C15H20N2O3/c1-11(18)17-13-3-2-8-16-14(13)12-4-6-15(7-5-12)19-9-10-20-15/h2-3,8,12H,4-7,9-10H2,1H3,(H,17,18). The summed E-state index contributed by atoms with van der Waals surface area (Å²) in [4.78, 5) is 15.7. The van der Waals surface area contributed by atoms with Crippen LogP contribution in [0.1, 0.15) is 44.2 Å². The largest absolute Gasteiger partial charge is 0.348 e. The van der Waals surface area contributed by atoms with Crippen LogP contribution in [-0.2, 0) is 14.3 Å². The van der Waals surface area contributed by atoms with E-state index >= 15 is 0 Å². The number of rotatable bonds is 2. The van der Waals surface area contributed by atoms with Crippen molar-refractivity contribution in [3.05, 3.63) is 24.0 Å². The normalized spacial score (nSPS) is 22.1. The van der Waals surface area contributed by atoms with Crippen LogP contribution in [-0.4, -0.2) is 29.9 Å². The fourth-order valence-corrected chi connectivity index (χ4v) is 3.15. The van der Waals surface area contributed by atoms with Crippen molar-refractivity contribution in [2.24, 2.45) is 0 Å². The highest BCUT2D eigenvalue weighted by Gasteiger charge is 2.41. The van der Waals surface area contributed by atoms with E-state index in [2.05, 4.69) is 10.3 Å². The number of anilines is 1. The third kappa shape index (κ3) is 2.69. The molecule has 1 aliphatic heterocycles. The minimum Gasteiger partial charge on any atom is -0.348 e. The van der Waals surface area contributed by atoms with E-state index in [0.29, 0.717) is 19.1 Å². The number of ether oxygens (including phenoxy) is 2. The number of hydrogen-bond acceptors (Lipinski definition) is 4. The summed E-state index contributed by atoms with van der Waals surface area (Å²) in [6.07, 6.45) is 5.53. The quantitative estimate of drug-likeness (QED) is 0.901. The Labute approximate surface area is 118 Å². The van der Waals surface area contributed by atoms with Crippen molar-refractivity contribution in [3.8, 4) is 0 Å². The molecule has 1 N–H and O–H groups in total. The molecular weight excluding hydrogens is 256 g/mol. The Balaban J connectivity index is 1.73. The minimum atomic E-state index is -0.348. The first-order valence-corrected chi connectivity index (χ1v) is 7.19. The van der Waals surface area contributed by atoms with Gasteiger partial charge in [-0.1, -0.05) is 0 Å². The molecule has 2 aliphatic rings. The van der Waals surface area contributed by atoms with Gasteiger partial charge >= 0.3 is 0 Å². The Hall–Kier alpha value is -1.46. The minimum absolute atomic E-state index is 0.0611. The first-order chi connectivity index (χ1) is 9.69. The van der Waals surface area contributed by atoms with Gasteiger partial charge in [0, 0.05) is 31.9 Å². The fraction of sp³-hybridized carbons (Fsp3) is 0.600. The van der Waals surface area contributed by atoms with Gasteiger partial charge in [0.15, 0.2) is 5.79 Å². The van der Waals surface area contributed by atoms with Crippen LogP contribution in [0, 0.1) is 0 Å². The lowest BCUT2D eigenvalue weighted by Crippen LogP contribution is -2.34. The van der Waals surface area contributed by atoms with Gasteiger partial charge in [0.25, 0.3) is 0 Å². The van der Waals surface area contributed by atoms with Crippen molar-refractivity contribution in [3.63, 3.8) is 0 Å². The average molecular weight is 276 g/mol. The number of pyridine rings is 1. The smallest absolute Gasteiger partial charge is 0.221 e. The van der Waals surface area contributed by atoms with Crippen LogP contribution in [0.4, 0.5) is 5.69 Å². The summed E-state index contributed by atoms with van der Waals surface area (Å²) >= 11 is 0. The first-order valence-electron chi connectivity index (χ1n) is 7.19. The third-order valence-electron chi connectivity index (χ3n) is 4.10. The van der Waals surface area contributed by atoms with E-state index in [-0.39, 0.29) is 11.7 Å². The molecule has 0 bridgehead atoms. The van der Waals surface area contributed by atoms with Crippen LogP contribution in [0.15, 0.2) is 18.3 Å². The van der Waals surface area contributed by atoms with Crippen LogP contribution in [0.25, 0.3) is 0 Å². The molecule has 20 heavy (non-hydrogen) atoms. The lowest BCUT2D eigenvalue weighted by molar-refractivity contribution is -0.178. The fourth-order valence-electron chi connectivity index (χ4n) is 3.15. The summed E-state index contributed by atoms with van der Waals surface area (Å²) in [5.41, 5.74) is 1.81. The molecule has 1 spiro atoms. The van der Waals surface area contributed by atoms with Gasteiger partial charge in [-0.05, 0) is 25.0 Å². The predicted octanol–water partition coefficient (Wildman–Crippen LogP) is 2.44. The molecule has 1 amide bonds. The van der Waals surface area contributed by atoms with Gasteiger partial charge in [0.1, 0.15) is 0 Å². The molecule has 0 aromatic carbocycles. The SMILES string of the molecule is CC(=O)Nc1cccnc1C1CCC2(CC1)OCCO2. The molecule has 5 heteroatoms. The molecule has 2 fully saturated rings. The van der Waals surface area contributed by atoms with Gasteiger partial charge in [0.05, 0.1) is 24.6 Å². The predicted molar refractivity (Wildman–Crippen MR) is 74.4 cm³/mol. The third-order valence-corrected chi connectivity index (χ3v) is 4.10. The Morgan fingerprint density at radius 1 is 1.35 bits per heavy atom. The van der Waals surface area contributed by atoms with Crippen molar-refractivity contribution in [1.82, 2.24) is 4.98 Å². The summed E-state index contributed by atoms with van der Waals surface area (Å²) in [6.45, 7) is 2.92. The summed E-state index contributed by atoms with van der Waals surface area (Å²) in [7, 11) is 0. The van der Waals surface area contributed by atoms with E-state index in [0.717, 1.165) is 37.1 Å². The van der Waals surface area contributed by atoms with Crippen molar-refractivity contribution in [2.45, 2.75) is 44.3 Å². The topological polar surface area (TPSA) is 60.5 Å². The lowest BCUT2D eigenvalue weighted by Gasteiger charge is -2.35. The number of amides is 1. The highest BCUT2D eigenvalue weighted by molar-refractivity contribution is 5.89. The number of nitrogens with one attached hydrogen (secondary N) is 1. The zero-order valence-electron chi connectivity index (χ0n) is 11.7. The van der Waals surface area contributed by atoms with Crippen LogP contribution >= 0.6 is 0 Å². The van der Waals surface area contributed by atoms with E-state index in [1.165, 1.54) is 6.92 Å². The number of nitrogens with zero attached hydrogens (tertiary/aromatic N) is 1. The maximum atomic E-state index is 11.3.